The Morgan fingerprint density at radius 2 is 1.84 bits per heavy atom. The maximum Gasteiger partial charge on any atom is 0.0587 e. The quantitative estimate of drug-likeness (QED) is 0.853. The molecule has 2 nitrogen and oxygen atoms in total. The Kier molecular flexibility index (Phi) is 5.57. The fourth-order valence-electron chi connectivity index (χ4n) is 2.11. The van der Waals surface area contributed by atoms with Crippen LogP contribution in [0.3, 0.4) is 0 Å². The second-order valence-electron chi connectivity index (χ2n) is 6.81. The Hall–Kier alpha value is -0.860. The minimum atomic E-state index is 0.168. The summed E-state index contributed by atoms with van der Waals surface area (Å²) in [5.41, 5.74) is 4.20. The lowest BCUT2D eigenvalue weighted by atomic mass is 9.85. The van der Waals surface area contributed by atoms with E-state index in [0.29, 0.717) is 5.92 Å². The molecule has 0 fully saturated rings. The number of nitrogens with one attached hydrogen (secondary N) is 1. The van der Waals surface area contributed by atoms with Crippen LogP contribution in [0.1, 0.15) is 51.3 Å². The Bertz CT molecular complexity index is 404. The molecule has 0 aliphatic carbocycles. The fourth-order valence-corrected chi connectivity index (χ4v) is 2.11. The molecule has 0 aliphatic heterocycles. The third-order valence-corrected chi connectivity index (χ3v) is 3.76. The van der Waals surface area contributed by atoms with E-state index < -0.39 is 0 Å². The molecule has 0 saturated carbocycles. The summed E-state index contributed by atoms with van der Waals surface area (Å²) >= 11 is 0. The van der Waals surface area contributed by atoms with Crippen molar-refractivity contribution in [3.63, 3.8) is 0 Å². The van der Waals surface area contributed by atoms with Gasteiger partial charge in [0.2, 0.25) is 0 Å². The van der Waals surface area contributed by atoms with Crippen molar-refractivity contribution in [2.24, 2.45) is 5.92 Å². The lowest BCUT2D eigenvalue weighted by Crippen LogP contribution is -2.36. The van der Waals surface area contributed by atoms with Crippen LogP contribution < -0.4 is 5.32 Å². The Morgan fingerprint density at radius 1 is 1.21 bits per heavy atom. The number of aryl methyl sites for hydroxylation is 1. The summed E-state index contributed by atoms with van der Waals surface area (Å²) in [5, 5.41) is 12.8. The van der Waals surface area contributed by atoms with E-state index in [4.69, 9.17) is 0 Å². The van der Waals surface area contributed by atoms with E-state index in [1.165, 1.54) is 16.7 Å². The molecule has 1 atom stereocenters. The standard InChI is InChI=1S/C17H29NO/c1-12(2)16(11-19)18-10-14-7-8-15(9-13(14)3)17(4,5)6/h7-9,12,16,18-19H,10-11H2,1-6H3. The van der Waals surface area contributed by atoms with Crippen molar-refractivity contribution in [3.05, 3.63) is 34.9 Å². The van der Waals surface area contributed by atoms with Gasteiger partial charge in [-0.25, -0.2) is 0 Å². The number of benzene rings is 1. The predicted octanol–water partition coefficient (Wildman–Crippen LogP) is 3.40. The van der Waals surface area contributed by atoms with E-state index in [9.17, 15) is 5.11 Å². The van der Waals surface area contributed by atoms with Crippen LogP contribution in [-0.4, -0.2) is 17.8 Å². The van der Waals surface area contributed by atoms with Gasteiger partial charge in [0.05, 0.1) is 6.61 Å². The van der Waals surface area contributed by atoms with Gasteiger partial charge in [-0.05, 0) is 34.9 Å². The van der Waals surface area contributed by atoms with E-state index in [2.05, 4.69) is 65.1 Å². The molecule has 0 spiro atoms. The molecule has 1 rings (SSSR count). The highest BCUT2D eigenvalue weighted by atomic mass is 16.3. The summed E-state index contributed by atoms with van der Waals surface area (Å²) in [6, 6.07) is 6.87. The summed E-state index contributed by atoms with van der Waals surface area (Å²) in [4.78, 5) is 0. The number of rotatable bonds is 5. The SMILES string of the molecule is Cc1cc(C(C)(C)C)ccc1CNC(CO)C(C)C. The lowest BCUT2D eigenvalue weighted by molar-refractivity contribution is 0.210. The largest absolute Gasteiger partial charge is 0.395 e. The first kappa shape index (κ1) is 16.2. The van der Waals surface area contributed by atoms with Gasteiger partial charge in [-0.1, -0.05) is 52.8 Å². The van der Waals surface area contributed by atoms with Crippen molar-refractivity contribution in [3.8, 4) is 0 Å². The lowest BCUT2D eigenvalue weighted by Gasteiger charge is -2.23. The van der Waals surface area contributed by atoms with E-state index in [-0.39, 0.29) is 18.1 Å². The molecule has 1 aromatic carbocycles. The minimum absolute atomic E-state index is 0.168. The fraction of sp³-hybridized carbons (Fsp3) is 0.647. The molecule has 0 aromatic heterocycles. The van der Waals surface area contributed by atoms with Gasteiger partial charge in [0.15, 0.2) is 0 Å². The molecule has 0 bridgehead atoms. The number of hydrogen-bond donors (Lipinski definition) is 2. The third-order valence-electron chi connectivity index (χ3n) is 3.76. The zero-order valence-corrected chi connectivity index (χ0v) is 13.2. The monoisotopic (exact) mass is 263 g/mol. The van der Waals surface area contributed by atoms with E-state index in [0.717, 1.165) is 6.54 Å². The van der Waals surface area contributed by atoms with Crippen molar-refractivity contribution >= 4 is 0 Å². The van der Waals surface area contributed by atoms with Crippen molar-refractivity contribution in [2.75, 3.05) is 6.61 Å². The maximum atomic E-state index is 9.33. The van der Waals surface area contributed by atoms with Crippen LogP contribution in [0.5, 0.6) is 0 Å². The highest BCUT2D eigenvalue weighted by Crippen LogP contribution is 2.24. The van der Waals surface area contributed by atoms with E-state index in [1.807, 2.05) is 0 Å². The average Bonchev–Trinajstić information content (AvgIpc) is 2.29. The highest BCUT2D eigenvalue weighted by molar-refractivity contribution is 5.34. The molecular formula is C17H29NO. The summed E-state index contributed by atoms with van der Waals surface area (Å²) in [6.45, 7) is 14.1. The minimum Gasteiger partial charge on any atom is -0.395 e. The second-order valence-corrected chi connectivity index (χ2v) is 6.81. The van der Waals surface area contributed by atoms with Gasteiger partial charge in [-0.3, -0.25) is 0 Å². The molecule has 2 N–H and O–H groups in total. The number of aliphatic hydroxyl groups excluding tert-OH is 1. The van der Waals surface area contributed by atoms with Gasteiger partial charge in [0.25, 0.3) is 0 Å². The molecule has 0 heterocycles. The van der Waals surface area contributed by atoms with Gasteiger partial charge >= 0.3 is 0 Å². The first-order chi connectivity index (χ1) is 8.75. The molecule has 0 saturated heterocycles. The van der Waals surface area contributed by atoms with E-state index >= 15 is 0 Å². The van der Waals surface area contributed by atoms with Gasteiger partial charge in [0, 0.05) is 12.6 Å². The summed E-state index contributed by atoms with van der Waals surface area (Å²) < 4.78 is 0. The molecule has 0 amide bonds. The van der Waals surface area contributed by atoms with Gasteiger partial charge in [-0.2, -0.15) is 0 Å². The van der Waals surface area contributed by atoms with Gasteiger partial charge in [-0.15, -0.1) is 0 Å². The highest BCUT2D eigenvalue weighted by Gasteiger charge is 2.15. The van der Waals surface area contributed by atoms with Crippen molar-refractivity contribution in [1.29, 1.82) is 0 Å². The molecule has 0 aliphatic rings. The molecular weight excluding hydrogens is 234 g/mol. The van der Waals surface area contributed by atoms with Crippen LogP contribution in [0, 0.1) is 12.8 Å². The molecule has 0 radical (unpaired) electrons. The Labute approximate surface area is 118 Å². The molecule has 1 aromatic rings. The van der Waals surface area contributed by atoms with Crippen LogP contribution in [0.15, 0.2) is 18.2 Å². The van der Waals surface area contributed by atoms with Gasteiger partial charge in [0.1, 0.15) is 0 Å². The zero-order valence-electron chi connectivity index (χ0n) is 13.2. The van der Waals surface area contributed by atoms with Crippen LogP contribution in [0.2, 0.25) is 0 Å². The first-order valence-corrected chi connectivity index (χ1v) is 7.20. The predicted molar refractivity (Wildman–Crippen MR) is 82.4 cm³/mol. The average molecular weight is 263 g/mol. The van der Waals surface area contributed by atoms with Crippen LogP contribution in [0.25, 0.3) is 0 Å². The molecule has 2 heteroatoms. The van der Waals surface area contributed by atoms with Crippen molar-refractivity contribution in [1.82, 2.24) is 5.32 Å². The first-order valence-electron chi connectivity index (χ1n) is 7.20. The van der Waals surface area contributed by atoms with Crippen LogP contribution >= 0.6 is 0 Å². The normalized spacial score (nSPS) is 13.9. The van der Waals surface area contributed by atoms with E-state index in [1.54, 1.807) is 0 Å². The van der Waals surface area contributed by atoms with Crippen LogP contribution in [0.4, 0.5) is 0 Å². The van der Waals surface area contributed by atoms with Crippen molar-refractivity contribution < 1.29 is 5.11 Å². The van der Waals surface area contributed by atoms with Crippen LogP contribution in [-0.2, 0) is 12.0 Å². The molecule has 1 unspecified atom stereocenters. The number of aliphatic hydroxyl groups is 1. The third kappa shape index (κ3) is 4.63. The second kappa shape index (κ2) is 6.53. The maximum absolute atomic E-state index is 9.33. The molecule has 19 heavy (non-hydrogen) atoms. The van der Waals surface area contributed by atoms with Gasteiger partial charge < -0.3 is 10.4 Å². The zero-order chi connectivity index (χ0) is 14.6. The Morgan fingerprint density at radius 3 is 2.26 bits per heavy atom. The smallest absolute Gasteiger partial charge is 0.0587 e. The summed E-state index contributed by atoms with van der Waals surface area (Å²) in [5.74, 6) is 0.444. The molecule has 108 valence electrons. The van der Waals surface area contributed by atoms with Crippen molar-refractivity contribution in [2.45, 2.75) is 59.5 Å². The topological polar surface area (TPSA) is 32.3 Å². The summed E-state index contributed by atoms with van der Waals surface area (Å²) in [7, 11) is 0. The summed E-state index contributed by atoms with van der Waals surface area (Å²) in [6.07, 6.45) is 0. The Balaban J connectivity index is 2.76. The number of hydrogen-bond acceptors (Lipinski definition) is 2.